The Morgan fingerprint density at radius 2 is 1.90 bits per heavy atom. The van der Waals surface area contributed by atoms with Gasteiger partial charge in [-0.15, -0.1) is 0 Å². The Morgan fingerprint density at radius 1 is 1.24 bits per heavy atom. The van der Waals surface area contributed by atoms with Crippen molar-refractivity contribution in [3.05, 3.63) is 48.0 Å². The molecule has 1 amide bonds. The molecule has 3 heteroatoms. The van der Waals surface area contributed by atoms with Crippen molar-refractivity contribution in [1.82, 2.24) is 5.32 Å². The number of amides is 1. The van der Waals surface area contributed by atoms with Crippen molar-refractivity contribution in [3.8, 4) is 6.07 Å². The van der Waals surface area contributed by atoms with Crippen molar-refractivity contribution in [1.29, 1.82) is 5.26 Å². The smallest absolute Gasteiger partial charge is 0.225 e. The van der Waals surface area contributed by atoms with Gasteiger partial charge in [-0.25, -0.2) is 0 Å². The van der Waals surface area contributed by atoms with Crippen molar-refractivity contribution in [2.75, 3.05) is 0 Å². The number of hydrogen-bond acceptors (Lipinski definition) is 2. The van der Waals surface area contributed by atoms with Gasteiger partial charge in [0, 0.05) is 0 Å². The predicted molar refractivity (Wildman–Crippen MR) is 84.7 cm³/mol. The number of rotatable bonds is 4. The molecule has 3 nitrogen and oxygen atoms in total. The third-order valence-electron chi connectivity index (χ3n) is 4.02. The summed E-state index contributed by atoms with van der Waals surface area (Å²) in [6, 6.07) is 16.1. The highest BCUT2D eigenvalue weighted by Gasteiger charge is 2.29. The van der Waals surface area contributed by atoms with Crippen LogP contribution in [0.1, 0.15) is 26.3 Å². The normalized spacial score (nSPS) is 13.7. The molecule has 0 heterocycles. The number of nitriles is 1. The van der Waals surface area contributed by atoms with E-state index >= 15 is 0 Å². The molecule has 1 N–H and O–H groups in total. The molecule has 0 aliphatic rings. The summed E-state index contributed by atoms with van der Waals surface area (Å²) in [7, 11) is 0. The minimum atomic E-state index is -0.832. The van der Waals surface area contributed by atoms with Crippen LogP contribution in [-0.2, 0) is 11.2 Å². The molecule has 0 radical (unpaired) electrons. The van der Waals surface area contributed by atoms with E-state index in [-0.39, 0.29) is 18.2 Å². The Labute approximate surface area is 125 Å². The average molecular weight is 280 g/mol. The van der Waals surface area contributed by atoms with Gasteiger partial charge in [-0.3, -0.25) is 4.79 Å². The van der Waals surface area contributed by atoms with Crippen LogP contribution in [0.15, 0.2) is 42.5 Å². The Morgan fingerprint density at radius 3 is 2.57 bits per heavy atom. The van der Waals surface area contributed by atoms with E-state index in [9.17, 15) is 10.1 Å². The Balaban J connectivity index is 2.21. The second-order valence-electron chi connectivity index (χ2n) is 5.83. The molecular formula is C18H20N2O. The van der Waals surface area contributed by atoms with Crippen LogP contribution in [0, 0.1) is 17.2 Å². The zero-order valence-electron chi connectivity index (χ0n) is 12.7. The van der Waals surface area contributed by atoms with Crippen LogP contribution >= 0.6 is 0 Å². The van der Waals surface area contributed by atoms with Gasteiger partial charge in [0.25, 0.3) is 0 Å². The summed E-state index contributed by atoms with van der Waals surface area (Å²) < 4.78 is 0. The van der Waals surface area contributed by atoms with Crippen molar-refractivity contribution < 1.29 is 4.79 Å². The van der Waals surface area contributed by atoms with Gasteiger partial charge in [-0.2, -0.15) is 5.26 Å². The highest BCUT2D eigenvalue weighted by molar-refractivity contribution is 5.90. The summed E-state index contributed by atoms with van der Waals surface area (Å²) in [6.07, 6.45) is 0.283. The minimum absolute atomic E-state index is 0.0546. The molecule has 2 aromatic rings. The fraction of sp³-hybridized carbons (Fsp3) is 0.333. The lowest BCUT2D eigenvalue weighted by atomic mass is 9.89. The third kappa shape index (κ3) is 3.22. The van der Waals surface area contributed by atoms with E-state index in [1.54, 1.807) is 6.92 Å². The Kier molecular flexibility index (Phi) is 4.28. The van der Waals surface area contributed by atoms with Gasteiger partial charge in [-0.1, -0.05) is 56.3 Å². The number of fused-ring (bicyclic) bond motifs is 1. The van der Waals surface area contributed by atoms with E-state index < -0.39 is 5.54 Å². The van der Waals surface area contributed by atoms with Crippen LogP contribution in [0.5, 0.6) is 0 Å². The van der Waals surface area contributed by atoms with E-state index in [1.807, 2.05) is 56.3 Å². The van der Waals surface area contributed by atoms with Crippen molar-refractivity contribution in [3.63, 3.8) is 0 Å². The lowest BCUT2D eigenvalue weighted by Crippen LogP contribution is -2.49. The molecule has 0 aliphatic heterocycles. The van der Waals surface area contributed by atoms with Crippen LogP contribution in [0.3, 0.4) is 0 Å². The summed E-state index contributed by atoms with van der Waals surface area (Å²) >= 11 is 0. The van der Waals surface area contributed by atoms with E-state index in [2.05, 4.69) is 11.4 Å². The summed E-state index contributed by atoms with van der Waals surface area (Å²) in [5.41, 5.74) is 0.149. The van der Waals surface area contributed by atoms with Gasteiger partial charge >= 0.3 is 0 Å². The molecule has 21 heavy (non-hydrogen) atoms. The van der Waals surface area contributed by atoms with Crippen molar-refractivity contribution >= 4 is 16.7 Å². The molecule has 0 saturated heterocycles. The van der Waals surface area contributed by atoms with Crippen LogP contribution in [-0.4, -0.2) is 11.4 Å². The van der Waals surface area contributed by atoms with E-state index in [1.165, 1.54) is 0 Å². The van der Waals surface area contributed by atoms with Crippen LogP contribution in [0.4, 0.5) is 0 Å². The molecule has 2 aromatic carbocycles. The maximum absolute atomic E-state index is 12.3. The first-order valence-electron chi connectivity index (χ1n) is 7.15. The molecule has 0 aromatic heterocycles. The lowest BCUT2D eigenvalue weighted by Gasteiger charge is -2.27. The quantitative estimate of drug-likeness (QED) is 0.932. The molecule has 0 aliphatic carbocycles. The summed E-state index contributed by atoms with van der Waals surface area (Å²) in [5, 5.41) is 14.3. The minimum Gasteiger partial charge on any atom is -0.338 e. The van der Waals surface area contributed by atoms with Crippen molar-refractivity contribution in [2.45, 2.75) is 32.7 Å². The number of carbonyl (C=O) groups excluding carboxylic acids is 1. The Hall–Kier alpha value is -2.34. The maximum Gasteiger partial charge on any atom is 0.225 e. The predicted octanol–water partition coefficient (Wildman–Crippen LogP) is 3.44. The van der Waals surface area contributed by atoms with Crippen LogP contribution in [0.25, 0.3) is 10.8 Å². The fourth-order valence-electron chi connectivity index (χ4n) is 2.25. The highest BCUT2D eigenvalue weighted by atomic mass is 16.1. The van der Waals surface area contributed by atoms with Gasteiger partial charge in [0.15, 0.2) is 0 Å². The van der Waals surface area contributed by atoms with Crippen LogP contribution in [0.2, 0.25) is 0 Å². The number of nitrogens with zero attached hydrogens (tertiary/aromatic N) is 1. The summed E-state index contributed by atoms with van der Waals surface area (Å²) in [4.78, 5) is 12.3. The number of hydrogen-bond donors (Lipinski definition) is 1. The van der Waals surface area contributed by atoms with Gasteiger partial charge in [0.2, 0.25) is 5.91 Å². The van der Waals surface area contributed by atoms with E-state index in [4.69, 9.17) is 0 Å². The topological polar surface area (TPSA) is 52.9 Å². The molecular weight excluding hydrogens is 260 g/mol. The standard InChI is InChI=1S/C18H20N2O/c1-13(2)18(3,12-19)20-17(21)11-15-9-6-8-14-7-4-5-10-16(14)15/h4-10,13H,11H2,1-3H3,(H,20,21). The highest BCUT2D eigenvalue weighted by Crippen LogP contribution is 2.20. The van der Waals surface area contributed by atoms with Gasteiger partial charge < -0.3 is 5.32 Å². The monoisotopic (exact) mass is 280 g/mol. The second-order valence-corrected chi connectivity index (χ2v) is 5.83. The first kappa shape index (κ1) is 15.1. The molecule has 108 valence electrons. The van der Waals surface area contributed by atoms with Crippen molar-refractivity contribution in [2.24, 2.45) is 5.92 Å². The average Bonchev–Trinajstić information content (AvgIpc) is 2.47. The molecule has 1 atom stereocenters. The molecule has 2 rings (SSSR count). The maximum atomic E-state index is 12.3. The number of nitrogens with one attached hydrogen (secondary N) is 1. The number of benzene rings is 2. The number of carbonyl (C=O) groups is 1. The van der Waals surface area contributed by atoms with E-state index in [0.717, 1.165) is 16.3 Å². The fourth-order valence-corrected chi connectivity index (χ4v) is 2.25. The second kappa shape index (κ2) is 5.97. The largest absolute Gasteiger partial charge is 0.338 e. The summed E-state index contributed by atoms with van der Waals surface area (Å²) in [6.45, 7) is 5.63. The molecule has 0 spiro atoms. The van der Waals surface area contributed by atoms with Gasteiger partial charge in [0.05, 0.1) is 12.5 Å². The summed E-state index contributed by atoms with van der Waals surface area (Å²) in [5.74, 6) is -0.0666. The molecule has 0 fully saturated rings. The first-order chi connectivity index (χ1) is 9.96. The molecule has 1 unspecified atom stereocenters. The van der Waals surface area contributed by atoms with Gasteiger partial charge in [-0.05, 0) is 29.2 Å². The SMILES string of the molecule is CC(C)C(C)(C#N)NC(=O)Cc1cccc2ccccc12. The van der Waals surface area contributed by atoms with Gasteiger partial charge in [0.1, 0.15) is 5.54 Å². The zero-order chi connectivity index (χ0) is 15.5. The first-order valence-corrected chi connectivity index (χ1v) is 7.15. The van der Waals surface area contributed by atoms with E-state index in [0.29, 0.717) is 0 Å². The zero-order valence-corrected chi connectivity index (χ0v) is 12.7. The Bertz CT molecular complexity index is 694. The molecule has 0 bridgehead atoms. The lowest BCUT2D eigenvalue weighted by molar-refractivity contribution is -0.122. The van der Waals surface area contributed by atoms with Crippen LogP contribution < -0.4 is 5.32 Å². The molecule has 0 saturated carbocycles. The third-order valence-corrected chi connectivity index (χ3v) is 4.02.